The fraction of sp³-hybridized carbons (Fsp3) is 0.500. The first-order valence-corrected chi connectivity index (χ1v) is 9.37. The summed E-state index contributed by atoms with van der Waals surface area (Å²) in [5, 5.41) is 10.5. The maximum absolute atomic E-state index is 5.38. The standard InChI is InChI=1S/C20H26N4O/c1-3-24-20-17(13-22-24)19(21-12-14-7-5-4-6-8-14)16-10-9-15(25-2)11-18(16)23-20/h9-11,13-14H,3-8,12H2,1-2H3,(H,21,23). The summed E-state index contributed by atoms with van der Waals surface area (Å²) >= 11 is 0. The van der Waals surface area contributed by atoms with E-state index in [4.69, 9.17) is 9.72 Å². The van der Waals surface area contributed by atoms with Crippen LogP contribution in [-0.4, -0.2) is 28.4 Å². The topological polar surface area (TPSA) is 52.0 Å². The zero-order chi connectivity index (χ0) is 17.2. The maximum Gasteiger partial charge on any atom is 0.160 e. The SMILES string of the molecule is CCn1ncc2c(NCC3CCCCC3)c3ccc(OC)cc3nc21. The van der Waals surface area contributed by atoms with E-state index in [1.807, 2.05) is 23.0 Å². The van der Waals surface area contributed by atoms with Gasteiger partial charge in [0.2, 0.25) is 0 Å². The highest BCUT2D eigenvalue weighted by Gasteiger charge is 2.17. The van der Waals surface area contributed by atoms with Crippen molar-refractivity contribution in [1.82, 2.24) is 14.8 Å². The van der Waals surface area contributed by atoms with Gasteiger partial charge in [-0.2, -0.15) is 5.10 Å². The molecule has 1 saturated carbocycles. The van der Waals surface area contributed by atoms with Crippen LogP contribution in [0, 0.1) is 5.92 Å². The summed E-state index contributed by atoms with van der Waals surface area (Å²) in [5.41, 5.74) is 3.05. The number of hydrogen-bond donors (Lipinski definition) is 1. The van der Waals surface area contributed by atoms with E-state index in [1.165, 1.54) is 32.1 Å². The molecule has 0 bridgehead atoms. The largest absolute Gasteiger partial charge is 0.497 e. The number of methoxy groups -OCH3 is 1. The molecule has 0 aliphatic heterocycles. The van der Waals surface area contributed by atoms with Crippen LogP contribution >= 0.6 is 0 Å². The average Bonchev–Trinajstić information content (AvgIpc) is 3.08. The molecule has 1 aromatic carbocycles. The molecule has 0 amide bonds. The monoisotopic (exact) mass is 338 g/mol. The Bertz CT molecular complexity index is 880. The Morgan fingerprint density at radius 1 is 1.20 bits per heavy atom. The van der Waals surface area contributed by atoms with E-state index in [0.717, 1.165) is 52.4 Å². The second kappa shape index (κ2) is 6.90. The first kappa shape index (κ1) is 16.2. The summed E-state index contributed by atoms with van der Waals surface area (Å²) in [6, 6.07) is 6.12. The Kier molecular flexibility index (Phi) is 4.47. The van der Waals surface area contributed by atoms with Crippen LogP contribution in [0.2, 0.25) is 0 Å². The van der Waals surface area contributed by atoms with Gasteiger partial charge in [0.15, 0.2) is 5.65 Å². The number of aryl methyl sites for hydroxylation is 1. The van der Waals surface area contributed by atoms with Crippen molar-refractivity contribution in [3.05, 3.63) is 24.4 Å². The van der Waals surface area contributed by atoms with Crippen molar-refractivity contribution in [2.45, 2.75) is 45.6 Å². The van der Waals surface area contributed by atoms with Gasteiger partial charge in [0.25, 0.3) is 0 Å². The maximum atomic E-state index is 5.38. The van der Waals surface area contributed by atoms with Crippen LogP contribution in [0.25, 0.3) is 21.9 Å². The Morgan fingerprint density at radius 3 is 2.80 bits per heavy atom. The lowest BCUT2D eigenvalue weighted by molar-refractivity contribution is 0.373. The number of fused-ring (bicyclic) bond motifs is 2. The Balaban J connectivity index is 1.78. The number of rotatable bonds is 5. The second-order valence-corrected chi connectivity index (χ2v) is 6.95. The van der Waals surface area contributed by atoms with Crippen LogP contribution in [0.4, 0.5) is 5.69 Å². The number of nitrogens with one attached hydrogen (secondary N) is 1. The fourth-order valence-corrected chi connectivity index (χ4v) is 3.93. The minimum Gasteiger partial charge on any atom is -0.497 e. The predicted octanol–water partition coefficient (Wildman–Crippen LogP) is 4.61. The Morgan fingerprint density at radius 2 is 2.04 bits per heavy atom. The van der Waals surface area contributed by atoms with Crippen LogP contribution in [0.5, 0.6) is 5.75 Å². The van der Waals surface area contributed by atoms with Gasteiger partial charge in [0, 0.05) is 24.5 Å². The third-order valence-electron chi connectivity index (χ3n) is 5.37. The molecule has 1 aliphatic rings. The molecule has 1 N–H and O–H groups in total. The van der Waals surface area contributed by atoms with Crippen LogP contribution in [0.1, 0.15) is 39.0 Å². The number of benzene rings is 1. The van der Waals surface area contributed by atoms with E-state index < -0.39 is 0 Å². The van der Waals surface area contributed by atoms with E-state index in [1.54, 1.807) is 7.11 Å². The molecule has 4 rings (SSSR count). The third kappa shape index (κ3) is 3.03. The summed E-state index contributed by atoms with van der Waals surface area (Å²) in [4.78, 5) is 4.85. The lowest BCUT2D eigenvalue weighted by Gasteiger charge is -2.23. The molecule has 25 heavy (non-hydrogen) atoms. The number of aromatic nitrogens is 3. The van der Waals surface area contributed by atoms with Crippen LogP contribution < -0.4 is 10.1 Å². The van der Waals surface area contributed by atoms with Crippen LogP contribution in [0.3, 0.4) is 0 Å². The summed E-state index contributed by atoms with van der Waals surface area (Å²) in [6.07, 6.45) is 8.73. The smallest absolute Gasteiger partial charge is 0.160 e. The molecule has 132 valence electrons. The molecule has 1 aliphatic carbocycles. The van der Waals surface area contributed by atoms with Crippen molar-refractivity contribution < 1.29 is 4.74 Å². The first-order valence-electron chi connectivity index (χ1n) is 9.37. The van der Waals surface area contributed by atoms with Gasteiger partial charge in [0.05, 0.1) is 29.9 Å². The Hall–Kier alpha value is -2.30. The summed E-state index contributed by atoms with van der Waals surface area (Å²) < 4.78 is 7.34. The highest BCUT2D eigenvalue weighted by Crippen LogP contribution is 2.33. The molecule has 3 aromatic rings. The predicted molar refractivity (Wildman–Crippen MR) is 102 cm³/mol. The van der Waals surface area contributed by atoms with Gasteiger partial charge in [-0.1, -0.05) is 19.3 Å². The highest BCUT2D eigenvalue weighted by atomic mass is 16.5. The molecule has 0 spiro atoms. The summed E-state index contributed by atoms with van der Waals surface area (Å²) in [5.74, 6) is 1.60. The summed E-state index contributed by atoms with van der Waals surface area (Å²) in [6.45, 7) is 3.94. The molecule has 0 radical (unpaired) electrons. The van der Waals surface area contributed by atoms with Gasteiger partial charge in [-0.25, -0.2) is 9.67 Å². The summed E-state index contributed by atoms with van der Waals surface area (Å²) in [7, 11) is 1.69. The van der Waals surface area contributed by atoms with E-state index in [2.05, 4.69) is 23.4 Å². The minimum atomic E-state index is 0.770. The van der Waals surface area contributed by atoms with Gasteiger partial charge >= 0.3 is 0 Å². The molecular weight excluding hydrogens is 312 g/mol. The molecule has 0 saturated heterocycles. The highest BCUT2D eigenvalue weighted by molar-refractivity contribution is 6.06. The van der Waals surface area contributed by atoms with Crippen molar-refractivity contribution in [1.29, 1.82) is 0 Å². The minimum absolute atomic E-state index is 0.770. The molecule has 2 aromatic heterocycles. The quantitative estimate of drug-likeness (QED) is 0.738. The molecule has 5 heteroatoms. The zero-order valence-corrected chi connectivity index (χ0v) is 15.1. The number of anilines is 1. The molecule has 0 atom stereocenters. The van der Waals surface area contributed by atoms with E-state index in [-0.39, 0.29) is 0 Å². The van der Waals surface area contributed by atoms with Gasteiger partial charge in [-0.3, -0.25) is 0 Å². The lowest BCUT2D eigenvalue weighted by Crippen LogP contribution is -2.17. The lowest BCUT2D eigenvalue weighted by atomic mass is 9.89. The fourth-order valence-electron chi connectivity index (χ4n) is 3.93. The third-order valence-corrected chi connectivity index (χ3v) is 5.37. The molecular formula is C20H26N4O. The number of ether oxygens (including phenoxy) is 1. The molecule has 0 unspecified atom stereocenters. The van der Waals surface area contributed by atoms with Crippen molar-refractivity contribution >= 4 is 27.6 Å². The molecule has 1 fully saturated rings. The van der Waals surface area contributed by atoms with Gasteiger partial charge in [-0.15, -0.1) is 0 Å². The Labute approximate surface area is 148 Å². The first-order chi connectivity index (χ1) is 12.3. The van der Waals surface area contributed by atoms with Crippen LogP contribution in [-0.2, 0) is 6.54 Å². The number of hydrogen-bond acceptors (Lipinski definition) is 4. The normalized spacial score (nSPS) is 15.8. The second-order valence-electron chi connectivity index (χ2n) is 6.95. The van der Waals surface area contributed by atoms with Gasteiger partial charge < -0.3 is 10.1 Å². The van der Waals surface area contributed by atoms with Crippen molar-refractivity contribution in [2.24, 2.45) is 5.92 Å². The van der Waals surface area contributed by atoms with E-state index in [0.29, 0.717) is 0 Å². The zero-order valence-electron chi connectivity index (χ0n) is 15.1. The number of nitrogens with zero attached hydrogens (tertiary/aromatic N) is 3. The number of pyridine rings is 1. The van der Waals surface area contributed by atoms with E-state index >= 15 is 0 Å². The van der Waals surface area contributed by atoms with Crippen LogP contribution in [0.15, 0.2) is 24.4 Å². The van der Waals surface area contributed by atoms with E-state index in [9.17, 15) is 0 Å². The molecule has 5 nitrogen and oxygen atoms in total. The van der Waals surface area contributed by atoms with Gasteiger partial charge in [-0.05, 0) is 37.8 Å². The van der Waals surface area contributed by atoms with Crippen molar-refractivity contribution in [3.8, 4) is 5.75 Å². The average molecular weight is 338 g/mol. The van der Waals surface area contributed by atoms with Crippen molar-refractivity contribution in [3.63, 3.8) is 0 Å². The van der Waals surface area contributed by atoms with Gasteiger partial charge in [0.1, 0.15) is 5.75 Å². The molecule has 2 heterocycles. The van der Waals surface area contributed by atoms with Crippen molar-refractivity contribution in [2.75, 3.05) is 19.0 Å².